The van der Waals surface area contributed by atoms with Gasteiger partial charge in [-0.3, -0.25) is 9.59 Å². The van der Waals surface area contributed by atoms with E-state index in [1.165, 1.54) is 0 Å². The summed E-state index contributed by atoms with van der Waals surface area (Å²) in [5.41, 5.74) is 0. The van der Waals surface area contributed by atoms with Gasteiger partial charge in [0.1, 0.15) is 6.42 Å². The molecule has 0 aromatic carbocycles. The standard InChI is InChI=1S/C9H13N3O3S/c1-4-15-7(14)5-6(13)8-10-11-9(16-8)12(2)3/h4-5H2,1-3H3. The molecular formula is C9H13N3O3S. The first kappa shape index (κ1) is 12.6. The van der Waals surface area contributed by atoms with E-state index in [2.05, 4.69) is 14.9 Å². The van der Waals surface area contributed by atoms with E-state index >= 15 is 0 Å². The number of aromatic nitrogens is 2. The van der Waals surface area contributed by atoms with Crippen LogP contribution in [0.1, 0.15) is 23.1 Å². The molecule has 0 fully saturated rings. The fraction of sp³-hybridized carbons (Fsp3) is 0.556. The normalized spacial score (nSPS) is 9.94. The van der Waals surface area contributed by atoms with Crippen LogP contribution in [0.2, 0.25) is 0 Å². The molecule has 0 bridgehead atoms. The first-order chi connectivity index (χ1) is 7.54. The predicted octanol–water partition coefficient (Wildman–Crippen LogP) is 0.740. The van der Waals surface area contributed by atoms with Gasteiger partial charge >= 0.3 is 5.97 Å². The summed E-state index contributed by atoms with van der Waals surface area (Å²) in [6.07, 6.45) is -0.282. The molecule has 0 N–H and O–H groups in total. The highest BCUT2D eigenvalue weighted by atomic mass is 32.1. The summed E-state index contributed by atoms with van der Waals surface area (Å²) in [4.78, 5) is 24.4. The Bertz CT molecular complexity index is 389. The van der Waals surface area contributed by atoms with Crippen LogP contribution in [0.4, 0.5) is 5.13 Å². The largest absolute Gasteiger partial charge is 0.466 e. The third-order valence-corrected chi connectivity index (χ3v) is 2.78. The highest BCUT2D eigenvalue weighted by Gasteiger charge is 2.17. The molecule has 1 rings (SSSR count). The number of rotatable bonds is 5. The molecule has 0 aliphatic heterocycles. The fourth-order valence-corrected chi connectivity index (χ4v) is 1.63. The van der Waals surface area contributed by atoms with E-state index in [0.717, 1.165) is 11.3 Å². The number of esters is 1. The van der Waals surface area contributed by atoms with Crippen LogP contribution in [0.25, 0.3) is 0 Å². The molecule has 1 aromatic heterocycles. The van der Waals surface area contributed by atoms with Crippen molar-refractivity contribution in [1.29, 1.82) is 0 Å². The number of hydrogen-bond acceptors (Lipinski definition) is 7. The van der Waals surface area contributed by atoms with Gasteiger partial charge in [-0.05, 0) is 6.92 Å². The molecule has 0 amide bonds. The minimum Gasteiger partial charge on any atom is -0.466 e. The Balaban J connectivity index is 2.62. The van der Waals surface area contributed by atoms with Crippen molar-refractivity contribution in [2.24, 2.45) is 0 Å². The topological polar surface area (TPSA) is 72.4 Å². The molecule has 16 heavy (non-hydrogen) atoms. The zero-order valence-electron chi connectivity index (χ0n) is 9.39. The van der Waals surface area contributed by atoms with Crippen LogP contribution in [0.15, 0.2) is 0 Å². The van der Waals surface area contributed by atoms with Gasteiger partial charge in [-0.2, -0.15) is 0 Å². The molecule has 6 nitrogen and oxygen atoms in total. The van der Waals surface area contributed by atoms with Gasteiger partial charge in [0.05, 0.1) is 6.61 Å². The van der Waals surface area contributed by atoms with E-state index in [0.29, 0.717) is 5.13 Å². The SMILES string of the molecule is CCOC(=O)CC(=O)c1nnc(N(C)C)s1. The number of carbonyl (C=O) groups excluding carboxylic acids is 2. The molecule has 7 heteroatoms. The molecule has 0 atom stereocenters. The third-order valence-electron chi connectivity index (χ3n) is 1.65. The summed E-state index contributed by atoms with van der Waals surface area (Å²) in [5, 5.41) is 8.40. The minimum atomic E-state index is -0.533. The number of carbonyl (C=O) groups is 2. The van der Waals surface area contributed by atoms with Gasteiger partial charge in [-0.1, -0.05) is 11.3 Å². The zero-order chi connectivity index (χ0) is 12.1. The van der Waals surface area contributed by atoms with Gasteiger partial charge in [-0.15, -0.1) is 10.2 Å². The maximum absolute atomic E-state index is 11.6. The van der Waals surface area contributed by atoms with Crippen molar-refractivity contribution in [1.82, 2.24) is 10.2 Å². The van der Waals surface area contributed by atoms with Gasteiger partial charge in [-0.25, -0.2) is 0 Å². The third kappa shape index (κ3) is 3.27. The molecule has 0 unspecified atom stereocenters. The van der Waals surface area contributed by atoms with Gasteiger partial charge in [0.15, 0.2) is 5.01 Å². The molecule has 0 aliphatic rings. The highest BCUT2D eigenvalue weighted by Crippen LogP contribution is 2.18. The molecule has 1 heterocycles. The zero-order valence-corrected chi connectivity index (χ0v) is 10.2. The Labute approximate surface area is 97.2 Å². The van der Waals surface area contributed by atoms with Crippen molar-refractivity contribution in [3.63, 3.8) is 0 Å². The maximum atomic E-state index is 11.6. The van der Waals surface area contributed by atoms with Crippen LogP contribution in [0.3, 0.4) is 0 Å². The number of hydrogen-bond donors (Lipinski definition) is 0. The van der Waals surface area contributed by atoms with Crippen LogP contribution in [-0.2, 0) is 9.53 Å². The summed E-state index contributed by atoms with van der Waals surface area (Å²) < 4.78 is 4.67. The summed E-state index contributed by atoms with van der Waals surface area (Å²) >= 11 is 1.16. The van der Waals surface area contributed by atoms with E-state index in [1.807, 2.05) is 0 Å². The van der Waals surface area contributed by atoms with Crippen LogP contribution in [-0.4, -0.2) is 42.7 Å². The van der Waals surface area contributed by atoms with Gasteiger partial charge in [0.25, 0.3) is 0 Å². The Morgan fingerprint density at radius 1 is 1.38 bits per heavy atom. The van der Waals surface area contributed by atoms with E-state index in [4.69, 9.17) is 0 Å². The van der Waals surface area contributed by atoms with Gasteiger partial charge in [0.2, 0.25) is 10.9 Å². The van der Waals surface area contributed by atoms with Gasteiger partial charge in [0, 0.05) is 14.1 Å². The molecule has 0 radical (unpaired) electrons. The lowest BCUT2D eigenvalue weighted by Gasteiger charge is -2.03. The summed E-state index contributed by atoms with van der Waals surface area (Å²) in [7, 11) is 3.61. The first-order valence-electron chi connectivity index (χ1n) is 4.74. The van der Waals surface area contributed by atoms with Crippen molar-refractivity contribution in [2.45, 2.75) is 13.3 Å². The monoisotopic (exact) mass is 243 g/mol. The van der Waals surface area contributed by atoms with Crippen molar-refractivity contribution in [2.75, 3.05) is 25.6 Å². The van der Waals surface area contributed by atoms with E-state index in [9.17, 15) is 9.59 Å². The number of ether oxygens (including phenoxy) is 1. The van der Waals surface area contributed by atoms with Crippen molar-refractivity contribution in [3.05, 3.63) is 5.01 Å². The number of anilines is 1. The maximum Gasteiger partial charge on any atom is 0.313 e. The van der Waals surface area contributed by atoms with Gasteiger partial charge < -0.3 is 9.64 Å². The molecular weight excluding hydrogens is 230 g/mol. The van der Waals surface area contributed by atoms with E-state index in [1.54, 1.807) is 25.9 Å². The molecule has 0 saturated heterocycles. The van der Waals surface area contributed by atoms with Crippen molar-refractivity contribution in [3.8, 4) is 0 Å². The average molecular weight is 243 g/mol. The lowest BCUT2D eigenvalue weighted by Crippen LogP contribution is -2.11. The Hall–Kier alpha value is -1.50. The van der Waals surface area contributed by atoms with E-state index in [-0.39, 0.29) is 23.8 Å². The van der Waals surface area contributed by atoms with Crippen LogP contribution >= 0.6 is 11.3 Å². The second-order valence-electron chi connectivity index (χ2n) is 3.19. The number of nitrogens with zero attached hydrogens (tertiary/aromatic N) is 3. The first-order valence-corrected chi connectivity index (χ1v) is 5.56. The van der Waals surface area contributed by atoms with Crippen molar-refractivity contribution < 1.29 is 14.3 Å². The summed E-state index contributed by atoms with van der Waals surface area (Å²) in [6.45, 7) is 1.96. The number of Topliss-reactive ketones (excluding diaryl/α,β-unsaturated/α-hetero) is 1. The smallest absolute Gasteiger partial charge is 0.313 e. The second-order valence-corrected chi connectivity index (χ2v) is 4.15. The predicted molar refractivity (Wildman–Crippen MR) is 59.8 cm³/mol. The summed E-state index contributed by atoms with van der Waals surface area (Å²) in [6, 6.07) is 0. The van der Waals surface area contributed by atoms with Crippen molar-refractivity contribution >= 4 is 28.2 Å². The highest BCUT2D eigenvalue weighted by molar-refractivity contribution is 7.17. The molecule has 0 spiro atoms. The average Bonchev–Trinajstić information content (AvgIpc) is 2.66. The quantitative estimate of drug-likeness (QED) is 0.431. The van der Waals surface area contributed by atoms with Crippen LogP contribution in [0, 0.1) is 0 Å². The lowest BCUT2D eigenvalue weighted by molar-refractivity contribution is -0.141. The molecule has 0 aliphatic carbocycles. The Morgan fingerprint density at radius 2 is 2.06 bits per heavy atom. The molecule has 0 saturated carbocycles. The lowest BCUT2D eigenvalue weighted by atomic mass is 10.3. The Kier molecular flexibility index (Phi) is 4.36. The molecule has 88 valence electrons. The number of ketones is 1. The summed E-state index contributed by atoms with van der Waals surface area (Å²) in [5.74, 6) is -0.891. The minimum absolute atomic E-state index is 0.233. The van der Waals surface area contributed by atoms with Crippen LogP contribution in [0.5, 0.6) is 0 Å². The van der Waals surface area contributed by atoms with Crippen LogP contribution < -0.4 is 4.90 Å². The molecule has 1 aromatic rings. The fourth-order valence-electron chi connectivity index (χ4n) is 0.928. The Morgan fingerprint density at radius 3 is 2.56 bits per heavy atom. The van der Waals surface area contributed by atoms with E-state index < -0.39 is 5.97 Å². The second kappa shape index (κ2) is 5.55.